The number of fused-ring (bicyclic) bond motifs is 1. The van der Waals surface area contributed by atoms with E-state index in [4.69, 9.17) is 13.9 Å². The van der Waals surface area contributed by atoms with E-state index in [1.54, 1.807) is 12.1 Å². The van der Waals surface area contributed by atoms with Gasteiger partial charge >= 0.3 is 0 Å². The molecule has 2 amide bonds. The molecule has 144 valence electrons. The zero-order valence-corrected chi connectivity index (χ0v) is 15.4. The standard InChI is InChI=1S/C20H19N3O5/c1-26-17-8-7-14(10-18(17)27-2)20(25)21-12-19(24)23-22-11-15-9-13-5-3-4-6-16(13)28-15/h3-11H,12H2,1-2H3,(H,21,25)(H,23,24). The van der Waals surface area contributed by atoms with Gasteiger partial charge in [0.15, 0.2) is 11.5 Å². The number of rotatable bonds is 7. The predicted molar refractivity (Wildman–Crippen MR) is 104 cm³/mol. The van der Waals surface area contributed by atoms with Crippen LogP contribution < -0.4 is 20.2 Å². The predicted octanol–water partition coefficient (Wildman–Crippen LogP) is 2.33. The van der Waals surface area contributed by atoms with Crippen LogP contribution in [-0.4, -0.2) is 38.8 Å². The minimum atomic E-state index is -0.471. The van der Waals surface area contributed by atoms with Crippen molar-refractivity contribution in [3.8, 4) is 11.5 Å². The molecule has 0 saturated heterocycles. The van der Waals surface area contributed by atoms with Crippen LogP contribution in [0.5, 0.6) is 11.5 Å². The molecule has 28 heavy (non-hydrogen) atoms. The summed E-state index contributed by atoms with van der Waals surface area (Å²) >= 11 is 0. The van der Waals surface area contributed by atoms with Gasteiger partial charge in [-0.3, -0.25) is 9.59 Å². The fourth-order valence-corrected chi connectivity index (χ4v) is 2.51. The van der Waals surface area contributed by atoms with Gasteiger partial charge in [-0.05, 0) is 30.3 Å². The first kappa shape index (κ1) is 19.0. The monoisotopic (exact) mass is 381 g/mol. The third-order valence-corrected chi connectivity index (χ3v) is 3.88. The van der Waals surface area contributed by atoms with E-state index < -0.39 is 11.8 Å². The Morgan fingerprint density at radius 3 is 2.61 bits per heavy atom. The lowest BCUT2D eigenvalue weighted by Crippen LogP contribution is -2.34. The third kappa shape index (κ3) is 4.47. The first-order valence-corrected chi connectivity index (χ1v) is 8.41. The minimum absolute atomic E-state index is 0.231. The Bertz CT molecular complexity index is 993. The lowest BCUT2D eigenvalue weighted by atomic mass is 10.2. The Kier molecular flexibility index (Phi) is 5.91. The number of hydrazone groups is 1. The topological polar surface area (TPSA) is 102 Å². The lowest BCUT2D eigenvalue weighted by Gasteiger charge is -2.09. The van der Waals surface area contributed by atoms with Crippen LogP contribution in [0, 0.1) is 0 Å². The molecule has 0 aliphatic carbocycles. The van der Waals surface area contributed by atoms with Crippen LogP contribution in [0.4, 0.5) is 0 Å². The second-order valence-corrected chi connectivity index (χ2v) is 5.73. The number of amides is 2. The summed E-state index contributed by atoms with van der Waals surface area (Å²) in [4.78, 5) is 24.0. The Morgan fingerprint density at radius 2 is 1.86 bits per heavy atom. The van der Waals surface area contributed by atoms with Crippen LogP contribution in [0.15, 0.2) is 58.0 Å². The number of methoxy groups -OCH3 is 2. The summed E-state index contributed by atoms with van der Waals surface area (Å²) in [6.07, 6.45) is 1.40. The number of benzene rings is 2. The summed E-state index contributed by atoms with van der Waals surface area (Å²) in [5.74, 6) is 0.557. The van der Waals surface area contributed by atoms with Crippen LogP contribution in [-0.2, 0) is 4.79 Å². The maximum atomic E-state index is 12.2. The van der Waals surface area contributed by atoms with Crippen LogP contribution >= 0.6 is 0 Å². The zero-order chi connectivity index (χ0) is 19.9. The smallest absolute Gasteiger partial charge is 0.259 e. The summed E-state index contributed by atoms with van der Waals surface area (Å²) in [5, 5.41) is 7.29. The van der Waals surface area contributed by atoms with Gasteiger partial charge in [-0.1, -0.05) is 18.2 Å². The van der Waals surface area contributed by atoms with E-state index in [0.29, 0.717) is 22.8 Å². The van der Waals surface area contributed by atoms with Crippen molar-refractivity contribution in [1.82, 2.24) is 10.7 Å². The molecular weight excluding hydrogens is 362 g/mol. The van der Waals surface area contributed by atoms with Gasteiger partial charge < -0.3 is 19.2 Å². The highest BCUT2D eigenvalue weighted by Gasteiger charge is 2.11. The van der Waals surface area contributed by atoms with Gasteiger partial charge in [0.2, 0.25) is 0 Å². The van der Waals surface area contributed by atoms with Gasteiger partial charge in [-0.15, -0.1) is 0 Å². The molecular formula is C20H19N3O5. The average Bonchev–Trinajstić information content (AvgIpc) is 3.14. The fourth-order valence-electron chi connectivity index (χ4n) is 2.51. The van der Waals surface area contributed by atoms with Crippen molar-refractivity contribution >= 4 is 29.0 Å². The van der Waals surface area contributed by atoms with E-state index in [1.807, 2.05) is 30.3 Å². The lowest BCUT2D eigenvalue weighted by molar-refractivity contribution is -0.120. The molecule has 0 aliphatic rings. The highest BCUT2D eigenvalue weighted by Crippen LogP contribution is 2.27. The van der Waals surface area contributed by atoms with Gasteiger partial charge in [0.25, 0.3) is 11.8 Å². The SMILES string of the molecule is COc1ccc(C(=O)NCC(=O)NN=Cc2cc3ccccc3o2)cc1OC. The normalized spacial score (nSPS) is 10.8. The molecule has 2 aromatic carbocycles. The first-order valence-electron chi connectivity index (χ1n) is 8.41. The molecule has 8 nitrogen and oxygen atoms in total. The van der Waals surface area contributed by atoms with E-state index in [0.717, 1.165) is 11.0 Å². The average molecular weight is 381 g/mol. The second-order valence-electron chi connectivity index (χ2n) is 5.73. The van der Waals surface area contributed by atoms with E-state index in [-0.39, 0.29) is 6.54 Å². The van der Waals surface area contributed by atoms with Crippen molar-refractivity contribution in [2.45, 2.75) is 0 Å². The summed E-state index contributed by atoms with van der Waals surface area (Å²) in [6, 6.07) is 14.1. The van der Waals surface area contributed by atoms with E-state index in [9.17, 15) is 9.59 Å². The summed E-state index contributed by atoms with van der Waals surface area (Å²) in [6.45, 7) is -0.231. The van der Waals surface area contributed by atoms with Crippen molar-refractivity contribution in [3.05, 3.63) is 59.9 Å². The Morgan fingerprint density at radius 1 is 1.07 bits per heavy atom. The number of furan rings is 1. The van der Waals surface area contributed by atoms with Gasteiger partial charge in [0.1, 0.15) is 11.3 Å². The molecule has 8 heteroatoms. The molecule has 3 rings (SSSR count). The molecule has 2 N–H and O–H groups in total. The Hall–Kier alpha value is -3.81. The van der Waals surface area contributed by atoms with Gasteiger partial charge in [0, 0.05) is 10.9 Å². The quantitative estimate of drug-likeness (QED) is 0.483. The number of carbonyl (C=O) groups is 2. The van der Waals surface area contributed by atoms with Crippen molar-refractivity contribution in [2.75, 3.05) is 20.8 Å². The molecule has 0 bridgehead atoms. The summed E-state index contributed by atoms with van der Waals surface area (Å²) in [7, 11) is 2.99. The number of nitrogens with zero attached hydrogens (tertiary/aromatic N) is 1. The second kappa shape index (κ2) is 8.72. The first-order chi connectivity index (χ1) is 13.6. The van der Waals surface area contributed by atoms with Crippen LogP contribution in [0.3, 0.4) is 0 Å². The van der Waals surface area contributed by atoms with Gasteiger partial charge in [-0.2, -0.15) is 5.10 Å². The summed E-state index contributed by atoms with van der Waals surface area (Å²) < 4.78 is 15.8. The minimum Gasteiger partial charge on any atom is -0.493 e. The number of nitrogens with one attached hydrogen (secondary N) is 2. The van der Waals surface area contributed by atoms with E-state index >= 15 is 0 Å². The fraction of sp³-hybridized carbons (Fsp3) is 0.150. The number of ether oxygens (including phenoxy) is 2. The molecule has 0 saturated carbocycles. The van der Waals surface area contributed by atoms with Gasteiger partial charge in [0.05, 0.1) is 27.0 Å². The maximum absolute atomic E-state index is 12.2. The molecule has 0 aliphatic heterocycles. The molecule has 1 aromatic heterocycles. The molecule has 1 heterocycles. The summed E-state index contributed by atoms with van der Waals surface area (Å²) in [5.41, 5.74) is 3.41. The van der Waals surface area contributed by atoms with Crippen molar-refractivity contribution in [2.24, 2.45) is 5.10 Å². The zero-order valence-electron chi connectivity index (χ0n) is 15.4. The van der Waals surface area contributed by atoms with Crippen LogP contribution in [0.25, 0.3) is 11.0 Å². The molecule has 3 aromatic rings. The largest absolute Gasteiger partial charge is 0.493 e. The van der Waals surface area contributed by atoms with Crippen LogP contribution in [0.1, 0.15) is 16.1 Å². The number of carbonyl (C=O) groups excluding carboxylic acids is 2. The molecule has 0 spiro atoms. The van der Waals surface area contributed by atoms with E-state index in [1.165, 1.54) is 26.5 Å². The Balaban J connectivity index is 1.51. The van der Waals surface area contributed by atoms with E-state index in [2.05, 4.69) is 15.8 Å². The number of hydrogen-bond donors (Lipinski definition) is 2. The van der Waals surface area contributed by atoms with Crippen LogP contribution in [0.2, 0.25) is 0 Å². The molecule has 0 atom stereocenters. The highest BCUT2D eigenvalue weighted by molar-refractivity contribution is 5.97. The van der Waals surface area contributed by atoms with Crippen molar-refractivity contribution in [1.29, 1.82) is 0 Å². The number of para-hydroxylation sites is 1. The van der Waals surface area contributed by atoms with Crippen molar-refractivity contribution in [3.63, 3.8) is 0 Å². The number of hydrogen-bond acceptors (Lipinski definition) is 6. The van der Waals surface area contributed by atoms with Crippen molar-refractivity contribution < 1.29 is 23.5 Å². The third-order valence-electron chi connectivity index (χ3n) is 3.88. The highest BCUT2D eigenvalue weighted by atomic mass is 16.5. The maximum Gasteiger partial charge on any atom is 0.259 e. The molecule has 0 unspecified atom stereocenters. The van der Waals surface area contributed by atoms with Gasteiger partial charge in [-0.25, -0.2) is 5.43 Å². The Labute approximate surface area is 161 Å². The molecule has 0 radical (unpaired) electrons. The molecule has 0 fully saturated rings.